The lowest BCUT2D eigenvalue weighted by molar-refractivity contribution is 0.602. The normalized spacial score (nSPS) is 12.0. The first-order chi connectivity index (χ1) is 9.83. The van der Waals surface area contributed by atoms with Crippen LogP contribution in [0.15, 0.2) is 45.8 Å². The maximum absolute atomic E-state index is 11.6. The second kappa shape index (κ2) is 5.12. The molecule has 0 radical (unpaired) electrons. The van der Waals surface area contributed by atoms with E-state index in [1.807, 2.05) is 6.07 Å². The number of hydrogen-bond acceptors (Lipinski definition) is 3. The van der Waals surface area contributed by atoms with Crippen LogP contribution in [0.4, 0.5) is 0 Å². The number of aromatic nitrogens is 2. The number of H-pyrrole nitrogens is 1. The molecule has 0 aliphatic heterocycles. The molecule has 3 rings (SSSR count). The van der Waals surface area contributed by atoms with Gasteiger partial charge in [-0.25, -0.2) is 13.4 Å². The molecular formula is C14H10BrClN2O2S. The van der Waals surface area contributed by atoms with Crippen LogP contribution in [0.2, 0.25) is 5.02 Å². The zero-order valence-electron chi connectivity index (χ0n) is 10.9. The molecule has 4 nitrogen and oxygen atoms in total. The number of hydrogen-bond donors (Lipinski definition) is 1. The van der Waals surface area contributed by atoms with Crippen molar-refractivity contribution in [2.75, 3.05) is 6.26 Å². The minimum atomic E-state index is -3.24. The zero-order valence-corrected chi connectivity index (χ0v) is 14.1. The minimum absolute atomic E-state index is 0.262. The Labute approximate surface area is 135 Å². The average molecular weight is 386 g/mol. The summed E-state index contributed by atoms with van der Waals surface area (Å²) in [6.07, 6.45) is 1.18. The summed E-state index contributed by atoms with van der Waals surface area (Å²) in [5.74, 6) is 0.638. The van der Waals surface area contributed by atoms with Crippen molar-refractivity contribution in [3.05, 3.63) is 45.9 Å². The lowest BCUT2D eigenvalue weighted by atomic mass is 10.2. The number of sulfone groups is 1. The smallest absolute Gasteiger partial charge is 0.175 e. The predicted octanol–water partition coefficient (Wildman–Crippen LogP) is 4.05. The molecular weight excluding hydrogens is 376 g/mol. The summed E-state index contributed by atoms with van der Waals surface area (Å²) in [5.41, 5.74) is 2.20. The zero-order chi connectivity index (χ0) is 15.2. The van der Waals surface area contributed by atoms with E-state index in [0.717, 1.165) is 10.0 Å². The molecule has 7 heteroatoms. The van der Waals surface area contributed by atoms with Crippen LogP contribution in [0.5, 0.6) is 0 Å². The molecule has 108 valence electrons. The third kappa shape index (κ3) is 2.97. The highest BCUT2D eigenvalue weighted by Gasteiger charge is 2.11. The number of nitrogens with zero attached hydrogens (tertiary/aromatic N) is 1. The fourth-order valence-corrected chi connectivity index (χ4v) is 3.55. The van der Waals surface area contributed by atoms with E-state index in [1.54, 1.807) is 30.3 Å². The molecule has 0 spiro atoms. The minimum Gasteiger partial charge on any atom is -0.338 e. The summed E-state index contributed by atoms with van der Waals surface area (Å²) in [6.45, 7) is 0. The number of halogens is 2. The Morgan fingerprint density at radius 1 is 1.19 bits per heavy atom. The summed E-state index contributed by atoms with van der Waals surface area (Å²) >= 11 is 9.42. The molecule has 1 aromatic heterocycles. The van der Waals surface area contributed by atoms with Crippen LogP contribution in [-0.2, 0) is 9.84 Å². The van der Waals surface area contributed by atoms with Crippen LogP contribution < -0.4 is 0 Å². The van der Waals surface area contributed by atoms with Gasteiger partial charge in [-0.3, -0.25) is 0 Å². The van der Waals surface area contributed by atoms with Gasteiger partial charge in [-0.2, -0.15) is 0 Å². The van der Waals surface area contributed by atoms with Crippen LogP contribution in [0, 0.1) is 0 Å². The number of benzene rings is 2. The van der Waals surface area contributed by atoms with Gasteiger partial charge < -0.3 is 4.98 Å². The van der Waals surface area contributed by atoms with Crippen molar-refractivity contribution < 1.29 is 8.42 Å². The molecule has 1 N–H and O–H groups in total. The van der Waals surface area contributed by atoms with Gasteiger partial charge in [0.1, 0.15) is 5.82 Å². The van der Waals surface area contributed by atoms with Crippen molar-refractivity contribution in [2.45, 2.75) is 4.90 Å². The summed E-state index contributed by atoms with van der Waals surface area (Å²) < 4.78 is 24.0. The van der Waals surface area contributed by atoms with Crippen molar-refractivity contribution >= 4 is 48.4 Å². The first-order valence-electron chi connectivity index (χ1n) is 5.99. The van der Waals surface area contributed by atoms with Crippen LogP contribution in [-0.4, -0.2) is 24.6 Å². The maximum atomic E-state index is 11.6. The molecule has 0 bridgehead atoms. The van der Waals surface area contributed by atoms with Crippen molar-refractivity contribution in [3.63, 3.8) is 0 Å². The third-order valence-electron chi connectivity index (χ3n) is 3.02. The fraction of sp³-hybridized carbons (Fsp3) is 0.0714. The molecule has 21 heavy (non-hydrogen) atoms. The summed E-state index contributed by atoms with van der Waals surface area (Å²) in [5, 5.41) is 0.594. The van der Waals surface area contributed by atoms with E-state index in [0.29, 0.717) is 21.9 Å². The molecule has 2 aromatic carbocycles. The standard InChI is InChI=1S/C14H10BrClN2O2S/c1-21(19,20)11-2-3-12-13(7-11)18-14(17-12)8-4-9(15)6-10(16)5-8/h2-7H,1H3,(H,17,18). The van der Waals surface area contributed by atoms with Gasteiger partial charge in [-0.05, 0) is 36.4 Å². The molecule has 0 unspecified atom stereocenters. The molecule has 3 aromatic rings. The van der Waals surface area contributed by atoms with E-state index < -0.39 is 9.84 Å². The molecule has 0 saturated carbocycles. The Balaban J connectivity index is 2.17. The Hall–Kier alpha value is -1.37. The summed E-state index contributed by atoms with van der Waals surface area (Å²) in [4.78, 5) is 7.84. The van der Waals surface area contributed by atoms with E-state index >= 15 is 0 Å². The number of fused-ring (bicyclic) bond motifs is 1. The number of rotatable bonds is 2. The Kier molecular flexibility index (Phi) is 3.55. The van der Waals surface area contributed by atoms with E-state index in [1.165, 1.54) is 6.26 Å². The Morgan fingerprint density at radius 2 is 1.95 bits per heavy atom. The van der Waals surface area contributed by atoms with Gasteiger partial charge in [-0.15, -0.1) is 0 Å². The number of imidazole rings is 1. The summed E-state index contributed by atoms with van der Waals surface area (Å²) in [7, 11) is -3.24. The molecule has 1 heterocycles. The van der Waals surface area contributed by atoms with Crippen LogP contribution in [0.25, 0.3) is 22.4 Å². The van der Waals surface area contributed by atoms with Gasteiger partial charge in [0.05, 0.1) is 15.9 Å². The predicted molar refractivity (Wildman–Crippen MR) is 87.3 cm³/mol. The lowest BCUT2D eigenvalue weighted by Crippen LogP contribution is -1.96. The first kappa shape index (κ1) is 14.6. The van der Waals surface area contributed by atoms with Crippen molar-refractivity contribution in [2.24, 2.45) is 0 Å². The molecule has 0 aliphatic rings. The van der Waals surface area contributed by atoms with Gasteiger partial charge in [0.25, 0.3) is 0 Å². The fourth-order valence-electron chi connectivity index (χ4n) is 2.05. The van der Waals surface area contributed by atoms with Gasteiger partial charge in [0.2, 0.25) is 0 Å². The topological polar surface area (TPSA) is 62.8 Å². The van der Waals surface area contributed by atoms with Crippen LogP contribution in [0.1, 0.15) is 0 Å². The molecule has 0 fully saturated rings. The Bertz CT molecular complexity index is 931. The van der Waals surface area contributed by atoms with Gasteiger partial charge in [0.15, 0.2) is 9.84 Å². The second-order valence-electron chi connectivity index (χ2n) is 4.69. The van der Waals surface area contributed by atoms with Crippen molar-refractivity contribution in [1.82, 2.24) is 9.97 Å². The Morgan fingerprint density at radius 3 is 2.62 bits per heavy atom. The van der Waals surface area contributed by atoms with Gasteiger partial charge >= 0.3 is 0 Å². The van der Waals surface area contributed by atoms with E-state index in [9.17, 15) is 8.42 Å². The van der Waals surface area contributed by atoms with Crippen molar-refractivity contribution in [3.8, 4) is 11.4 Å². The van der Waals surface area contributed by atoms with Crippen LogP contribution in [0.3, 0.4) is 0 Å². The quantitative estimate of drug-likeness (QED) is 0.724. The highest BCUT2D eigenvalue weighted by molar-refractivity contribution is 9.10. The molecule has 0 saturated heterocycles. The second-order valence-corrected chi connectivity index (χ2v) is 8.06. The van der Waals surface area contributed by atoms with Gasteiger partial charge in [-0.1, -0.05) is 27.5 Å². The highest BCUT2D eigenvalue weighted by atomic mass is 79.9. The summed E-state index contributed by atoms with van der Waals surface area (Å²) in [6, 6.07) is 10.3. The maximum Gasteiger partial charge on any atom is 0.175 e. The highest BCUT2D eigenvalue weighted by Crippen LogP contribution is 2.28. The average Bonchev–Trinajstić information content (AvgIpc) is 2.79. The van der Waals surface area contributed by atoms with E-state index in [4.69, 9.17) is 11.6 Å². The largest absolute Gasteiger partial charge is 0.338 e. The van der Waals surface area contributed by atoms with Crippen molar-refractivity contribution in [1.29, 1.82) is 0 Å². The molecule has 0 amide bonds. The van der Waals surface area contributed by atoms with Gasteiger partial charge in [0, 0.05) is 21.3 Å². The van der Waals surface area contributed by atoms with E-state index in [-0.39, 0.29) is 4.90 Å². The van der Waals surface area contributed by atoms with E-state index in [2.05, 4.69) is 25.9 Å². The number of aromatic amines is 1. The monoisotopic (exact) mass is 384 g/mol. The first-order valence-corrected chi connectivity index (χ1v) is 9.05. The third-order valence-corrected chi connectivity index (χ3v) is 4.80. The lowest BCUT2D eigenvalue weighted by Gasteiger charge is -1.99. The SMILES string of the molecule is CS(=O)(=O)c1ccc2nc(-c3cc(Cl)cc(Br)c3)[nH]c2c1. The van der Waals surface area contributed by atoms with Crippen LogP contribution >= 0.6 is 27.5 Å². The molecule has 0 aliphatic carbocycles. The molecule has 0 atom stereocenters. The number of nitrogens with one attached hydrogen (secondary N) is 1.